The highest BCUT2D eigenvalue weighted by atomic mass is 32.2. The molecule has 0 aromatic carbocycles. The lowest BCUT2D eigenvalue weighted by Gasteiger charge is -2.26. The van der Waals surface area contributed by atoms with Crippen molar-refractivity contribution in [3.8, 4) is 0 Å². The average molecular weight is 227 g/mol. The molecule has 88 valence electrons. The Balaban J connectivity index is 1.61. The van der Waals surface area contributed by atoms with E-state index in [1.807, 2.05) is 0 Å². The molecule has 2 heteroatoms. The van der Waals surface area contributed by atoms with Gasteiger partial charge in [0.05, 0.1) is 0 Å². The quantitative estimate of drug-likeness (QED) is 0.789. The number of hydrogen-bond donors (Lipinski definition) is 1. The Bertz CT molecular complexity index is 181. The molecule has 1 heterocycles. The second kappa shape index (κ2) is 5.58. The molecule has 2 rings (SSSR count). The molecule has 2 fully saturated rings. The summed E-state index contributed by atoms with van der Waals surface area (Å²) in [7, 11) is 0. The summed E-state index contributed by atoms with van der Waals surface area (Å²) < 4.78 is 0.550. The van der Waals surface area contributed by atoms with Crippen LogP contribution < -0.4 is 5.32 Å². The van der Waals surface area contributed by atoms with Crippen molar-refractivity contribution in [2.75, 3.05) is 18.8 Å². The molecule has 1 aliphatic carbocycles. The molecule has 0 spiro atoms. The molecule has 1 atom stereocenters. The van der Waals surface area contributed by atoms with Gasteiger partial charge in [-0.2, -0.15) is 11.8 Å². The fourth-order valence-electron chi connectivity index (χ4n) is 2.91. The molecule has 1 aliphatic heterocycles. The zero-order valence-electron chi connectivity index (χ0n) is 10.1. The van der Waals surface area contributed by atoms with Gasteiger partial charge in [0.15, 0.2) is 0 Å². The van der Waals surface area contributed by atoms with Crippen LogP contribution in [0.25, 0.3) is 0 Å². The smallest absolute Gasteiger partial charge is 0.0256 e. The molecule has 1 saturated heterocycles. The van der Waals surface area contributed by atoms with Crippen molar-refractivity contribution >= 4 is 11.8 Å². The minimum absolute atomic E-state index is 0.550. The van der Waals surface area contributed by atoms with Gasteiger partial charge in [0, 0.05) is 11.3 Å². The monoisotopic (exact) mass is 227 g/mol. The maximum Gasteiger partial charge on any atom is 0.0256 e. The van der Waals surface area contributed by atoms with Crippen molar-refractivity contribution in [3.63, 3.8) is 0 Å². The third-order valence-corrected chi connectivity index (χ3v) is 5.50. The summed E-state index contributed by atoms with van der Waals surface area (Å²) in [6, 6.07) is 0. The molecule has 0 aromatic rings. The number of thioether (sulfide) groups is 1. The van der Waals surface area contributed by atoms with Crippen molar-refractivity contribution < 1.29 is 0 Å². The van der Waals surface area contributed by atoms with Gasteiger partial charge in [-0.05, 0) is 50.8 Å². The van der Waals surface area contributed by atoms with Gasteiger partial charge in [0.2, 0.25) is 0 Å². The lowest BCUT2D eigenvalue weighted by Crippen LogP contribution is -2.36. The first kappa shape index (κ1) is 11.8. The van der Waals surface area contributed by atoms with Crippen molar-refractivity contribution in [1.29, 1.82) is 0 Å². The van der Waals surface area contributed by atoms with Crippen LogP contribution in [0.5, 0.6) is 0 Å². The molecule has 0 radical (unpaired) electrons. The lowest BCUT2D eigenvalue weighted by atomic mass is 9.89. The van der Waals surface area contributed by atoms with Gasteiger partial charge in [-0.15, -0.1) is 0 Å². The highest BCUT2D eigenvalue weighted by Gasteiger charge is 2.29. The first-order valence-electron chi connectivity index (χ1n) is 6.63. The van der Waals surface area contributed by atoms with E-state index in [1.165, 1.54) is 63.8 Å². The van der Waals surface area contributed by atoms with Crippen LogP contribution in [0, 0.1) is 5.92 Å². The molecular weight excluding hydrogens is 202 g/mol. The minimum Gasteiger partial charge on any atom is -0.315 e. The van der Waals surface area contributed by atoms with Crippen molar-refractivity contribution in [2.45, 2.75) is 56.6 Å². The number of nitrogens with one attached hydrogen (secondary N) is 1. The third-order valence-electron chi connectivity index (χ3n) is 3.96. The average Bonchev–Trinajstić information content (AvgIpc) is 2.67. The largest absolute Gasteiger partial charge is 0.315 e. The Morgan fingerprint density at radius 2 is 2.00 bits per heavy atom. The fraction of sp³-hybridized carbons (Fsp3) is 1.00. The van der Waals surface area contributed by atoms with Gasteiger partial charge >= 0.3 is 0 Å². The summed E-state index contributed by atoms with van der Waals surface area (Å²) in [6.45, 7) is 4.93. The highest BCUT2D eigenvalue weighted by molar-refractivity contribution is 8.00. The predicted molar refractivity (Wildman–Crippen MR) is 69.5 cm³/mol. The second-order valence-corrected chi connectivity index (χ2v) is 7.22. The topological polar surface area (TPSA) is 12.0 Å². The van der Waals surface area contributed by atoms with E-state index in [9.17, 15) is 0 Å². The summed E-state index contributed by atoms with van der Waals surface area (Å²) in [5.41, 5.74) is 0. The zero-order chi connectivity index (χ0) is 10.6. The Morgan fingerprint density at radius 3 is 2.67 bits per heavy atom. The van der Waals surface area contributed by atoms with Crippen LogP contribution in [-0.2, 0) is 0 Å². The van der Waals surface area contributed by atoms with E-state index >= 15 is 0 Å². The molecule has 0 aromatic heterocycles. The van der Waals surface area contributed by atoms with E-state index in [0.29, 0.717) is 4.75 Å². The van der Waals surface area contributed by atoms with Crippen LogP contribution in [0.4, 0.5) is 0 Å². The van der Waals surface area contributed by atoms with Crippen LogP contribution in [0.15, 0.2) is 0 Å². The summed E-state index contributed by atoms with van der Waals surface area (Å²) in [5, 5.41) is 3.72. The van der Waals surface area contributed by atoms with E-state index < -0.39 is 0 Å². The van der Waals surface area contributed by atoms with Crippen molar-refractivity contribution in [2.24, 2.45) is 5.92 Å². The standard InChI is InChI=1S/C13H25NS/c1-13(8-5-9-15-13)11-14-10-12-6-3-2-4-7-12/h12,14H,2-11H2,1H3. The van der Waals surface area contributed by atoms with Gasteiger partial charge in [0.1, 0.15) is 0 Å². The van der Waals surface area contributed by atoms with E-state index in [1.54, 1.807) is 0 Å². The molecular formula is C13H25NS. The van der Waals surface area contributed by atoms with Crippen LogP contribution >= 0.6 is 11.8 Å². The van der Waals surface area contributed by atoms with Crippen LogP contribution in [0.1, 0.15) is 51.9 Å². The van der Waals surface area contributed by atoms with Crippen molar-refractivity contribution in [3.05, 3.63) is 0 Å². The molecule has 2 aliphatic rings. The Hall–Kier alpha value is 0.310. The van der Waals surface area contributed by atoms with E-state index in [4.69, 9.17) is 0 Å². The Labute approximate surface area is 98.8 Å². The highest BCUT2D eigenvalue weighted by Crippen LogP contribution is 2.37. The van der Waals surface area contributed by atoms with E-state index in [0.717, 1.165) is 5.92 Å². The lowest BCUT2D eigenvalue weighted by molar-refractivity contribution is 0.337. The van der Waals surface area contributed by atoms with Gasteiger partial charge in [-0.25, -0.2) is 0 Å². The molecule has 0 amide bonds. The molecule has 0 bridgehead atoms. The van der Waals surface area contributed by atoms with Crippen LogP contribution in [-0.4, -0.2) is 23.6 Å². The van der Waals surface area contributed by atoms with Gasteiger partial charge in [-0.3, -0.25) is 0 Å². The Kier molecular flexibility index (Phi) is 4.39. The van der Waals surface area contributed by atoms with Gasteiger partial charge < -0.3 is 5.32 Å². The maximum absolute atomic E-state index is 3.72. The molecule has 15 heavy (non-hydrogen) atoms. The van der Waals surface area contributed by atoms with Gasteiger partial charge in [-0.1, -0.05) is 19.3 Å². The summed E-state index contributed by atoms with van der Waals surface area (Å²) >= 11 is 2.17. The summed E-state index contributed by atoms with van der Waals surface area (Å²) in [4.78, 5) is 0. The van der Waals surface area contributed by atoms with E-state index in [2.05, 4.69) is 24.0 Å². The fourth-order valence-corrected chi connectivity index (χ4v) is 4.18. The first-order valence-corrected chi connectivity index (χ1v) is 7.62. The van der Waals surface area contributed by atoms with E-state index in [-0.39, 0.29) is 0 Å². The minimum atomic E-state index is 0.550. The summed E-state index contributed by atoms with van der Waals surface area (Å²) in [5.74, 6) is 2.36. The Morgan fingerprint density at radius 1 is 1.20 bits per heavy atom. The number of hydrogen-bond acceptors (Lipinski definition) is 2. The molecule has 1 nitrogen and oxygen atoms in total. The third kappa shape index (κ3) is 3.67. The SMILES string of the molecule is CC1(CNCC2CCCCC2)CCCS1. The normalized spacial score (nSPS) is 33.4. The number of rotatable bonds is 4. The van der Waals surface area contributed by atoms with Crippen LogP contribution in [0.3, 0.4) is 0 Å². The summed E-state index contributed by atoms with van der Waals surface area (Å²) in [6.07, 6.45) is 10.2. The van der Waals surface area contributed by atoms with Crippen LogP contribution in [0.2, 0.25) is 0 Å². The first-order chi connectivity index (χ1) is 7.29. The molecule has 1 saturated carbocycles. The molecule has 1 unspecified atom stereocenters. The van der Waals surface area contributed by atoms with Gasteiger partial charge in [0.25, 0.3) is 0 Å². The van der Waals surface area contributed by atoms with Crippen molar-refractivity contribution in [1.82, 2.24) is 5.32 Å². The molecule has 1 N–H and O–H groups in total. The zero-order valence-corrected chi connectivity index (χ0v) is 10.9. The predicted octanol–water partition coefficient (Wildman–Crippen LogP) is 3.44. The second-order valence-electron chi connectivity index (χ2n) is 5.54. The maximum atomic E-state index is 3.72.